The van der Waals surface area contributed by atoms with Crippen LogP contribution >= 0.6 is 11.8 Å². The van der Waals surface area contributed by atoms with Gasteiger partial charge in [-0.3, -0.25) is 0 Å². The van der Waals surface area contributed by atoms with Crippen molar-refractivity contribution in [2.45, 2.75) is 19.1 Å². The lowest BCUT2D eigenvalue weighted by molar-refractivity contribution is 0.0491. The predicted molar refractivity (Wildman–Crippen MR) is 54.2 cm³/mol. The van der Waals surface area contributed by atoms with Crippen LogP contribution in [0.5, 0.6) is 0 Å². The monoisotopic (exact) mass is 235 g/mol. The number of ether oxygens (including phenoxy) is 2. The first-order valence-electron chi connectivity index (χ1n) is 4.54. The Bertz CT molecular complexity index is 247. The van der Waals surface area contributed by atoms with Gasteiger partial charge in [0, 0.05) is 11.5 Å². The first-order valence-corrected chi connectivity index (χ1v) is 5.69. The van der Waals surface area contributed by atoms with E-state index in [0.717, 1.165) is 0 Å². The summed E-state index contributed by atoms with van der Waals surface area (Å²) in [7, 11) is 0. The number of rotatable bonds is 3. The Kier molecular flexibility index (Phi) is 4.54. The number of carboxylic acid groups (broad SMARTS) is 1. The molecule has 0 unspecified atom stereocenters. The molecule has 0 aromatic rings. The van der Waals surface area contributed by atoms with E-state index in [1.165, 1.54) is 11.8 Å². The van der Waals surface area contributed by atoms with Crippen LogP contribution in [-0.4, -0.2) is 47.6 Å². The first-order chi connectivity index (χ1) is 7.13. The second kappa shape index (κ2) is 5.69. The lowest BCUT2D eigenvalue weighted by atomic mass is 10.2. The minimum absolute atomic E-state index is 0.288. The second-order valence-corrected chi connectivity index (χ2v) is 4.01. The molecule has 1 saturated heterocycles. The Morgan fingerprint density at radius 3 is 2.87 bits per heavy atom. The van der Waals surface area contributed by atoms with Crippen LogP contribution in [0, 0.1) is 0 Å². The van der Waals surface area contributed by atoms with Crippen LogP contribution in [0.15, 0.2) is 0 Å². The molecule has 0 saturated carbocycles. The molecule has 1 heterocycles. The molecule has 7 heteroatoms. The normalized spacial score (nSPS) is 24.6. The number of thioether (sulfide) groups is 1. The van der Waals surface area contributed by atoms with Crippen molar-refractivity contribution in [2.24, 2.45) is 0 Å². The van der Waals surface area contributed by atoms with E-state index in [0.29, 0.717) is 11.5 Å². The Morgan fingerprint density at radius 2 is 2.27 bits per heavy atom. The molecular formula is C8H13NO5S. The molecule has 1 rings (SSSR count). The van der Waals surface area contributed by atoms with Crippen molar-refractivity contribution < 1.29 is 24.2 Å². The third kappa shape index (κ3) is 3.86. The van der Waals surface area contributed by atoms with Crippen LogP contribution in [0.3, 0.4) is 0 Å². The highest BCUT2D eigenvalue weighted by Gasteiger charge is 2.32. The Morgan fingerprint density at radius 1 is 1.53 bits per heavy atom. The number of amides is 1. The molecule has 0 radical (unpaired) electrons. The van der Waals surface area contributed by atoms with Crippen molar-refractivity contribution in [3.05, 3.63) is 0 Å². The topological polar surface area (TPSA) is 84.9 Å². The minimum Gasteiger partial charge on any atom is -0.450 e. The molecule has 0 aromatic heterocycles. The predicted octanol–water partition coefficient (Wildman–Crippen LogP) is 0.911. The van der Waals surface area contributed by atoms with Crippen molar-refractivity contribution in [1.82, 2.24) is 5.32 Å². The van der Waals surface area contributed by atoms with Gasteiger partial charge in [-0.1, -0.05) is 0 Å². The molecule has 1 amide bonds. The highest BCUT2D eigenvalue weighted by molar-refractivity contribution is 7.99. The maximum Gasteiger partial charge on any atom is 0.506 e. The van der Waals surface area contributed by atoms with Crippen molar-refractivity contribution in [3.63, 3.8) is 0 Å². The van der Waals surface area contributed by atoms with Crippen LogP contribution in [-0.2, 0) is 9.47 Å². The van der Waals surface area contributed by atoms with E-state index in [-0.39, 0.29) is 12.6 Å². The maximum atomic E-state index is 11.1. The third-order valence-electron chi connectivity index (χ3n) is 1.86. The SMILES string of the molecule is CCOC(=O)N[C@H]1CSC[C@@H]1OC(=O)O. The van der Waals surface area contributed by atoms with Gasteiger partial charge in [-0.25, -0.2) is 9.59 Å². The zero-order valence-corrected chi connectivity index (χ0v) is 9.08. The summed E-state index contributed by atoms with van der Waals surface area (Å²) >= 11 is 1.53. The van der Waals surface area contributed by atoms with E-state index >= 15 is 0 Å². The zero-order valence-electron chi connectivity index (χ0n) is 8.26. The number of hydrogen-bond acceptors (Lipinski definition) is 5. The van der Waals surface area contributed by atoms with Gasteiger partial charge < -0.3 is 19.9 Å². The fraction of sp³-hybridized carbons (Fsp3) is 0.750. The second-order valence-electron chi connectivity index (χ2n) is 2.93. The van der Waals surface area contributed by atoms with Gasteiger partial charge in [0.25, 0.3) is 0 Å². The van der Waals surface area contributed by atoms with Crippen LogP contribution in [0.2, 0.25) is 0 Å². The highest BCUT2D eigenvalue weighted by Crippen LogP contribution is 2.21. The number of hydrogen-bond donors (Lipinski definition) is 2. The lowest BCUT2D eigenvalue weighted by Crippen LogP contribution is -2.44. The van der Waals surface area contributed by atoms with Crippen LogP contribution < -0.4 is 5.32 Å². The number of carbonyl (C=O) groups is 2. The molecule has 1 aliphatic heterocycles. The van der Waals surface area contributed by atoms with Crippen molar-refractivity contribution in [1.29, 1.82) is 0 Å². The standard InChI is InChI=1S/C8H13NO5S/c1-2-13-7(10)9-5-3-15-4-6(5)14-8(11)12/h5-6H,2-4H2,1H3,(H,9,10)(H,11,12)/t5-,6-/m0/s1. The summed E-state index contributed by atoms with van der Waals surface area (Å²) in [4.78, 5) is 21.4. The number of alkyl carbamates (subject to hydrolysis) is 1. The molecule has 1 fully saturated rings. The Hall–Kier alpha value is -1.11. The summed E-state index contributed by atoms with van der Waals surface area (Å²) in [5, 5.41) is 11.0. The summed E-state index contributed by atoms with van der Waals surface area (Å²) in [5.74, 6) is 1.19. The molecule has 2 atom stereocenters. The first kappa shape index (κ1) is 12.0. The van der Waals surface area contributed by atoms with Crippen molar-refractivity contribution in [3.8, 4) is 0 Å². The highest BCUT2D eigenvalue weighted by atomic mass is 32.2. The molecule has 15 heavy (non-hydrogen) atoms. The van der Waals surface area contributed by atoms with E-state index in [2.05, 4.69) is 10.1 Å². The molecule has 6 nitrogen and oxygen atoms in total. The molecule has 0 spiro atoms. The van der Waals surface area contributed by atoms with Gasteiger partial charge in [-0.15, -0.1) is 0 Å². The largest absolute Gasteiger partial charge is 0.506 e. The smallest absolute Gasteiger partial charge is 0.450 e. The average molecular weight is 235 g/mol. The van der Waals surface area contributed by atoms with Gasteiger partial charge in [0.15, 0.2) is 0 Å². The molecule has 86 valence electrons. The Labute approximate surface area is 91.3 Å². The fourth-order valence-electron chi connectivity index (χ4n) is 1.24. The maximum absolute atomic E-state index is 11.1. The summed E-state index contributed by atoms with van der Waals surface area (Å²) in [5.41, 5.74) is 0. The zero-order chi connectivity index (χ0) is 11.3. The van der Waals surface area contributed by atoms with Crippen LogP contribution in [0.4, 0.5) is 9.59 Å². The van der Waals surface area contributed by atoms with E-state index in [9.17, 15) is 9.59 Å². The quantitative estimate of drug-likeness (QED) is 0.707. The van der Waals surface area contributed by atoms with Crippen molar-refractivity contribution >= 4 is 24.0 Å². The number of nitrogens with one attached hydrogen (secondary N) is 1. The molecular weight excluding hydrogens is 222 g/mol. The molecule has 2 N–H and O–H groups in total. The van der Waals surface area contributed by atoms with Gasteiger partial charge in [0.05, 0.1) is 12.6 Å². The molecule has 0 aromatic carbocycles. The summed E-state index contributed by atoms with van der Waals surface area (Å²) in [6.45, 7) is 1.99. The molecule has 0 bridgehead atoms. The Balaban J connectivity index is 2.39. The summed E-state index contributed by atoms with van der Waals surface area (Å²) in [6.07, 6.45) is -2.35. The van der Waals surface area contributed by atoms with E-state index in [1.807, 2.05) is 0 Å². The van der Waals surface area contributed by atoms with Gasteiger partial charge >= 0.3 is 12.2 Å². The van der Waals surface area contributed by atoms with Gasteiger partial charge in [-0.2, -0.15) is 11.8 Å². The third-order valence-corrected chi connectivity index (χ3v) is 3.02. The molecule has 0 aliphatic carbocycles. The van der Waals surface area contributed by atoms with Gasteiger partial charge in [0.2, 0.25) is 0 Å². The van der Waals surface area contributed by atoms with Crippen LogP contribution in [0.25, 0.3) is 0 Å². The van der Waals surface area contributed by atoms with Gasteiger partial charge in [0.1, 0.15) is 6.10 Å². The van der Waals surface area contributed by atoms with Crippen molar-refractivity contribution in [2.75, 3.05) is 18.1 Å². The van der Waals surface area contributed by atoms with E-state index < -0.39 is 18.4 Å². The summed E-state index contributed by atoms with van der Waals surface area (Å²) in [6, 6.07) is -0.301. The minimum atomic E-state index is -1.32. The van der Waals surface area contributed by atoms with Gasteiger partial charge in [-0.05, 0) is 6.92 Å². The average Bonchev–Trinajstić information content (AvgIpc) is 2.52. The van der Waals surface area contributed by atoms with E-state index in [4.69, 9.17) is 9.84 Å². The molecule has 1 aliphatic rings. The lowest BCUT2D eigenvalue weighted by Gasteiger charge is -2.18. The van der Waals surface area contributed by atoms with Crippen LogP contribution in [0.1, 0.15) is 6.92 Å². The van der Waals surface area contributed by atoms with E-state index in [1.54, 1.807) is 6.92 Å². The number of carbonyl (C=O) groups excluding carboxylic acids is 1. The fourth-order valence-corrected chi connectivity index (χ4v) is 2.46. The summed E-state index contributed by atoms with van der Waals surface area (Å²) < 4.78 is 9.32.